The molecule has 0 aliphatic carbocycles. The molecule has 3 unspecified atom stereocenters. The monoisotopic (exact) mass is 339 g/mol. The second-order valence-electron chi connectivity index (χ2n) is 6.22. The molecule has 3 atom stereocenters. The number of fused-ring (bicyclic) bond motifs is 1. The second-order valence-corrected chi connectivity index (χ2v) is 6.22. The summed E-state index contributed by atoms with van der Waals surface area (Å²) in [5.74, 6) is -2.03. The minimum atomic E-state index is -0.959. The maximum Gasteiger partial charge on any atom is 0.308 e. The predicted octanol–water partition coefficient (Wildman–Crippen LogP) is 2.88. The highest BCUT2D eigenvalue weighted by Crippen LogP contribution is 2.29. The molecular weight excluding hydrogens is 318 g/mol. The van der Waals surface area contributed by atoms with E-state index in [4.69, 9.17) is 4.74 Å². The van der Waals surface area contributed by atoms with Crippen molar-refractivity contribution in [2.75, 3.05) is 6.61 Å². The van der Waals surface area contributed by atoms with Crippen LogP contribution in [0.5, 0.6) is 0 Å². The van der Waals surface area contributed by atoms with Crippen LogP contribution in [-0.2, 0) is 20.7 Å². The fraction of sp³-hybridized carbons (Fsp3) is 0.300. The normalized spacial score (nSPS) is 18.7. The quantitative estimate of drug-likeness (QED) is 0.878. The number of nitrogens with one attached hydrogen (secondary N) is 1. The Balaban J connectivity index is 1.85. The van der Waals surface area contributed by atoms with Crippen molar-refractivity contribution < 1.29 is 19.4 Å². The zero-order valence-electron chi connectivity index (χ0n) is 14.0. The van der Waals surface area contributed by atoms with Crippen molar-refractivity contribution in [2.24, 2.45) is 5.92 Å². The molecule has 0 fully saturated rings. The van der Waals surface area contributed by atoms with Crippen molar-refractivity contribution in [1.82, 2.24) is 5.32 Å². The molecule has 0 saturated carbocycles. The van der Waals surface area contributed by atoms with Gasteiger partial charge < -0.3 is 15.2 Å². The van der Waals surface area contributed by atoms with Gasteiger partial charge in [0.25, 0.3) is 5.91 Å². The van der Waals surface area contributed by atoms with Gasteiger partial charge in [-0.1, -0.05) is 54.6 Å². The first-order valence-corrected chi connectivity index (χ1v) is 8.35. The smallest absolute Gasteiger partial charge is 0.308 e. The molecule has 130 valence electrons. The summed E-state index contributed by atoms with van der Waals surface area (Å²) < 4.78 is 5.68. The number of aliphatic carboxylic acids is 1. The molecule has 5 heteroatoms. The van der Waals surface area contributed by atoms with Gasteiger partial charge in [0.2, 0.25) is 0 Å². The van der Waals surface area contributed by atoms with E-state index in [9.17, 15) is 14.7 Å². The second kappa shape index (κ2) is 7.49. The Hall–Kier alpha value is -2.66. The predicted molar refractivity (Wildman–Crippen MR) is 93.0 cm³/mol. The Bertz CT molecular complexity index is 759. The van der Waals surface area contributed by atoms with E-state index in [0.717, 1.165) is 23.1 Å². The molecule has 0 aromatic heterocycles. The first-order chi connectivity index (χ1) is 12.1. The molecule has 1 amide bonds. The highest BCUT2D eigenvalue weighted by molar-refractivity contribution is 5.84. The van der Waals surface area contributed by atoms with E-state index in [-0.39, 0.29) is 5.91 Å². The minimum absolute atomic E-state index is 0.311. The largest absolute Gasteiger partial charge is 0.481 e. The highest BCUT2D eigenvalue weighted by Gasteiger charge is 2.32. The molecule has 2 aromatic rings. The highest BCUT2D eigenvalue weighted by atomic mass is 16.5. The van der Waals surface area contributed by atoms with E-state index < -0.39 is 24.0 Å². The van der Waals surface area contributed by atoms with Crippen LogP contribution < -0.4 is 5.32 Å². The van der Waals surface area contributed by atoms with Gasteiger partial charge in [-0.15, -0.1) is 0 Å². The maximum atomic E-state index is 12.8. The third kappa shape index (κ3) is 3.72. The number of hydrogen-bond acceptors (Lipinski definition) is 3. The van der Waals surface area contributed by atoms with E-state index in [1.807, 2.05) is 54.6 Å². The summed E-state index contributed by atoms with van der Waals surface area (Å²) >= 11 is 0. The summed E-state index contributed by atoms with van der Waals surface area (Å²) in [5.41, 5.74) is 2.70. The summed E-state index contributed by atoms with van der Waals surface area (Å²) in [6.07, 6.45) is 0.0605. The van der Waals surface area contributed by atoms with E-state index >= 15 is 0 Å². The minimum Gasteiger partial charge on any atom is -0.481 e. The van der Waals surface area contributed by atoms with Gasteiger partial charge >= 0.3 is 5.97 Å². The van der Waals surface area contributed by atoms with Crippen LogP contribution in [0.3, 0.4) is 0 Å². The lowest BCUT2D eigenvalue weighted by Gasteiger charge is -2.29. The van der Waals surface area contributed by atoms with Crippen molar-refractivity contribution in [3.8, 4) is 0 Å². The lowest BCUT2D eigenvalue weighted by molar-refractivity contribution is -0.143. The molecule has 0 radical (unpaired) electrons. The Kier molecular flexibility index (Phi) is 5.14. The van der Waals surface area contributed by atoms with Crippen LogP contribution in [0.1, 0.15) is 35.8 Å². The van der Waals surface area contributed by atoms with E-state index in [0.29, 0.717) is 6.61 Å². The Morgan fingerprint density at radius 2 is 1.80 bits per heavy atom. The summed E-state index contributed by atoms with van der Waals surface area (Å²) in [6.45, 7) is 2.07. The average molecular weight is 339 g/mol. The van der Waals surface area contributed by atoms with Crippen LogP contribution in [-0.4, -0.2) is 23.6 Å². The van der Waals surface area contributed by atoms with Crippen LogP contribution in [0.4, 0.5) is 0 Å². The number of carboxylic acid groups (broad SMARTS) is 1. The van der Waals surface area contributed by atoms with Crippen LogP contribution >= 0.6 is 0 Å². The van der Waals surface area contributed by atoms with Gasteiger partial charge in [-0.25, -0.2) is 0 Å². The SMILES string of the molecule is CC(C(=O)O)C(NC(=O)C1OCCc2ccccc21)c1ccccc1. The maximum absolute atomic E-state index is 12.8. The van der Waals surface area contributed by atoms with Gasteiger partial charge in [-0.3, -0.25) is 9.59 Å². The van der Waals surface area contributed by atoms with E-state index in [1.54, 1.807) is 6.92 Å². The number of ether oxygens (including phenoxy) is 1. The van der Waals surface area contributed by atoms with Crippen molar-refractivity contribution in [1.29, 1.82) is 0 Å². The van der Waals surface area contributed by atoms with Crippen molar-refractivity contribution in [3.05, 3.63) is 71.3 Å². The number of amides is 1. The molecule has 0 spiro atoms. The molecule has 0 bridgehead atoms. The number of carboxylic acids is 1. The number of hydrogen-bond donors (Lipinski definition) is 2. The molecule has 25 heavy (non-hydrogen) atoms. The molecular formula is C20H21NO4. The van der Waals surface area contributed by atoms with Gasteiger partial charge in [-0.2, -0.15) is 0 Å². The van der Waals surface area contributed by atoms with Gasteiger partial charge in [0.15, 0.2) is 6.10 Å². The number of rotatable bonds is 5. The van der Waals surface area contributed by atoms with Gasteiger partial charge in [0, 0.05) is 0 Å². The van der Waals surface area contributed by atoms with E-state index in [1.165, 1.54) is 0 Å². The van der Waals surface area contributed by atoms with Gasteiger partial charge in [0.1, 0.15) is 0 Å². The molecule has 1 heterocycles. The summed E-state index contributed by atoms with van der Waals surface area (Å²) in [6, 6.07) is 16.2. The topological polar surface area (TPSA) is 75.6 Å². The van der Waals surface area contributed by atoms with Crippen molar-refractivity contribution in [2.45, 2.75) is 25.5 Å². The molecule has 2 N–H and O–H groups in total. The molecule has 1 aliphatic heterocycles. The Morgan fingerprint density at radius 3 is 2.52 bits per heavy atom. The summed E-state index contributed by atoms with van der Waals surface area (Å²) in [5, 5.41) is 12.3. The van der Waals surface area contributed by atoms with Crippen molar-refractivity contribution in [3.63, 3.8) is 0 Å². The molecule has 0 saturated heterocycles. The molecule has 1 aliphatic rings. The zero-order chi connectivity index (χ0) is 17.8. The third-order valence-corrected chi connectivity index (χ3v) is 4.58. The number of benzene rings is 2. The van der Waals surface area contributed by atoms with Gasteiger partial charge in [-0.05, 0) is 30.0 Å². The summed E-state index contributed by atoms with van der Waals surface area (Å²) in [7, 11) is 0. The lowest BCUT2D eigenvalue weighted by atomic mass is 9.93. The van der Waals surface area contributed by atoms with E-state index in [2.05, 4.69) is 5.32 Å². The summed E-state index contributed by atoms with van der Waals surface area (Å²) in [4.78, 5) is 24.3. The third-order valence-electron chi connectivity index (χ3n) is 4.58. The fourth-order valence-corrected chi connectivity index (χ4v) is 3.14. The van der Waals surface area contributed by atoms with Crippen molar-refractivity contribution >= 4 is 11.9 Å². The first-order valence-electron chi connectivity index (χ1n) is 8.35. The first kappa shape index (κ1) is 17.2. The van der Waals surface area contributed by atoms with Crippen LogP contribution in [0, 0.1) is 5.92 Å². The van der Waals surface area contributed by atoms with Crippen LogP contribution in [0.15, 0.2) is 54.6 Å². The number of carbonyl (C=O) groups excluding carboxylic acids is 1. The fourth-order valence-electron chi connectivity index (χ4n) is 3.14. The molecule has 2 aromatic carbocycles. The van der Waals surface area contributed by atoms with Gasteiger partial charge in [0.05, 0.1) is 18.6 Å². The molecule has 3 rings (SSSR count). The van der Waals surface area contributed by atoms with Crippen LogP contribution in [0.25, 0.3) is 0 Å². The standard InChI is InChI=1S/C20H21NO4/c1-13(20(23)24)17(15-8-3-2-4-9-15)21-19(22)18-16-10-6-5-7-14(16)11-12-25-18/h2-10,13,17-18H,11-12H2,1H3,(H,21,22)(H,23,24). The van der Waals surface area contributed by atoms with Crippen LogP contribution in [0.2, 0.25) is 0 Å². The zero-order valence-corrected chi connectivity index (χ0v) is 14.0. The number of carbonyl (C=O) groups is 2. The average Bonchev–Trinajstić information content (AvgIpc) is 2.65. The Labute approximate surface area is 146 Å². The lowest BCUT2D eigenvalue weighted by Crippen LogP contribution is -2.40. The Morgan fingerprint density at radius 1 is 1.12 bits per heavy atom. The molecule has 5 nitrogen and oxygen atoms in total.